The van der Waals surface area contributed by atoms with Crippen LogP contribution in [-0.4, -0.2) is 44.7 Å². The first-order valence-corrected chi connectivity index (χ1v) is 7.39. The minimum absolute atomic E-state index is 0.209. The van der Waals surface area contributed by atoms with E-state index in [1.165, 1.54) is 0 Å². The first-order valence-electron chi connectivity index (χ1n) is 5.78. The van der Waals surface area contributed by atoms with Crippen LogP contribution in [0.3, 0.4) is 0 Å². The summed E-state index contributed by atoms with van der Waals surface area (Å²) in [6.45, 7) is 6.91. The van der Waals surface area contributed by atoms with Crippen LogP contribution in [0.15, 0.2) is 0 Å². The summed E-state index contributed by atoms with van der Waals surface area (Å²) in [6.07, 6.45) is 2.30. The molecule has 4 nitrogen and oxygen atoms in total. The largest absolute Gasteiger partial charge is 0.316 e. The number of rotatable bonds is 5. The molecule has 1 heterocycles. The Kier molecular flexibility index (Phi) is 5.02. The van der Waals surface area contributed by atoms with E-state index in [4.69, 9.17) is 0 Å². The van der Waals surface area contributed by atoms with E-state index in [0.717, 1.165) is 25.9 Å². The molecule has 0 spiro atoms. The van der Waals surface area contributed by atoms with Crippen molar-refractivity contribution in [2.75, 3.05) is 31.9 Å². The summed E-state index contributed by atoms with van der Waals surface area (Å²) < 4.78 is 25.0. The summed E-state index contributed by atoms with van der Waals surface area (Å²) in [5.41, 5.74) is 0. The Morgan fingerprint density at radius 3 is 2.60 bits per heavy atom. The molecule has 1 rings (SSSR count). The van der Waals surface area contributed by atoms with Crippen LogP contribution in [0.25, 0.3) is 0 Å². The molecule has 90 valence electrons. The Morgan fingerprint density at radius 1 is 1.40 bits per heavy atom. The van der Waals surface area contributed by atoms with E-state index in [9.17, 15) is 8.42 Å². The molecule has 0 aromatic heterocycles. The molecule has 1 N–H and O–H groups in total. The summed E-state index contributed by atoms with van der Waals surface area (Å²) in [5, 5.41) is 3.31. The van der Waals surface area contributed by atoms with Crippen molar-refractivity contribution in [1.82, 2.24) is 9.62 Å². The van der Waals surface area contributed by atoms with Crippen LogP contribution in [0.4, 0.5) is 0 Å². The maximum absolute atomic E-state index is 11.7. The average molecular weight is 234 g/mol. The topological polar surface area (TPSA) is 49.4 Å². The van der Waals surface area contributed by atoms with Crippen molar-refractivity contribution in [3.63, 3.8) is 0 Å². The molecule has 1 saturated heterocycles. The van der Waals surface area contributed by atoms with E-state index in [0.29, 0.717) is 19.0 Å². The van der Waals surface area contributed by atoms with Gasteiger partial charge in [0.25, 0.3) is 0 Å². The van der Waals surface area contributed by atoms with Gasteiger partial charge in [-0.2, -0.15) is 0 Å². The summed E-state index contributed by atoms with van der Waals surface area (Å²) in [5.74, 6) is 0.695. The molecule has 0 aromatic rings. The Bertz CT molecular complexity index is 271. The smallest absolute Gasteiger partial charge is 0.213 e. The highest BCUT2D eigenvalue weighted by Gasteiger charge is 2.23. The molecular weight excluding hydrogens is 212 g/mol. The lowest BCUT2D eigenvalue weighted by Gasteiger charge is -2.28. The summed E-state index contributed by atoms with van der Waals surface area (Å²) in [7, 11) is -3.00. The van der Waals surface area contributed by atoms with Crippen LogP contribution in [-0.2, 0) is 10.0 Å². The van der Waals surface area contributed by atoms with Crippen molar-refractivity contribution >= 4 is 10.0 Å². The van der Waals surface area contributed by atoms with Gasteiger partial charge in [0.05, 0.1) is 5.75 Å². The number of hydrogen-bond donors (Lipinski definition) is 1. The summed E-state index contributed by atoms with van der Waals surface area (Å²) in [4.78, 5) is 0. The number of nitrogens with one attached hydrogen (secondary N) is 1. The number of nitrogens with zero attached hydrogens (tertiary/aromatic N) is 1. The molecular formula is C10H22N2O2S. The summed E-state index contributed by atoms with van der Waals surface area (Å²) >= 11 is 0. The normalized spacial score (nSPS) is 23.3. The van der Waals surface area contributed by atoms with Crippen molar-refractivity contribution in [2.45, 2.75) is 26.7 Å². The average Bonchev–Trinajstić information content (AvgIpc) is 2.27. The molecule has 0 saturated carbocycles. The van der Waals surface area contributed by atoms with Crippen LogP contribution in [0, 0.1) is 5.92 Å². The predicted molar refractivity (Wildman–Crippen MR) is 62.3 cm³/mol. The number of sulfonamides is 1. The van der Waals surface area contributed by atoms with Crippen LogP contribution >= 0.6 is 0 Å². The van der Waals surface area contributed by atoms with Gasteiger partial charge in [-0.1, -0.05) is 6.92 Å². The molecule has 1 aliphatic heterocycles. The maximum atomic E-state index is 11.7. The van der Waals surface area contributed by atoms with Crippen LogP contribution in [0.2, 0.25) is 0 Å². The fraction of sp³-hybridized carbons (Fsp3) is 1.00. The third-order valence-corrected chi connectivity index (χ3v) is 4.90. The van der Waals surface area contributed by atoms with E-state index < -0.39 is 10.0 Å². The van der Waals surface area contributed by atoms with Gasteiger partial charge in [0.2, 0.25) is 10.0 Å². The van der Waals surface area contributed by atoms with Gasteiger partial charge >= 0.3 is 0 Å². The van der Waals surface area contributed by atoms with Crippen molar-refractivity contribution < 1.29 is 8.42 Å². The molecule has 1 unspecified atom stereocenters. The summed E-state index contributed by atoms with van der Waals surface area (Å²) in [6, 6.07) is 0. The zero-order chi connectivity index (χ0) is 11.3. The highest BCUT2D eigenvalue weighted by atomic mass is 32.2. The lowest BCUT2D eigenvalue weighted by molar-refractivity contribution is 0.298. The van der Waals surface area contributed by atoms with E-state index in [2.05, 4.69) is 5.32 Å². The fourth-order valence-electron chi connectivity index (χ4n) is 1.99. The SMILES string of the molecule is CCN(CC1CCCNC1)S(=O)(=O)CC. The lowest BCUT2D eigenvalue weighted by Crippen LogP contribution is -2.41. The molecule has 1 atom stereocenters. The standard InChI is InChI=1S/C10H22N2O2S/c1-3-12(15(13,14)4-2)9-10-6-5-7-11-8-10/h10-11H,3-9H2,1-2H3. The van der Waals surface area contributed by atoms with Crippen molar-refractivity contribution in [2.24, 2.45) is 5.92 Å². The third-order valence-electron chi connectivity index (χ3n) is 2.97. The molecule has 5 heteroatoms. The van der Waals surface area contributed by atoms with Gasteiger partial charge < -0.3 is 5.32 Å². The molecule has 1 aliphatic rings. The number of piperidine rings is 1. The van der Waals surface area contributed by atoms with Gasteiger partial charge in [-0.05, 0) is 38.8 Å². The molecule has 0 amide bonds. The predicted octanol–water partition coefficient (Wildman–Crippen LogP) is 0.658. The monoisotopic (exact) mass is 234 g/mol. The maximum Gasteiger partial charge on any atom is 0.213 e. The second-order valence-electron chi connectivity index (χ2n) is 4.06. The van der Waals surface area contributed by atoms with Crippen molar-refractivity contribution in [3.05, 3.63) is 0 Å². The van der Waals surface area contributed by atoms with E-state index in [1.54, 1.807) is 11.2 Å². The Hall–Kier alpha value is -0.130. The second-order valence-corrected chi connectivity index (χ2v) is 6.32. The molecule has 15 heavy (non-hydrogen) atoms. The Labute approximate surface area is 93.1 Å². The van der Waals surface area contributed by atoms with Crippen LogP contribution in [0.5, 0.6) is 0 Å². The molecule has 0 bridgehead atoms. The van der Waals surface area contributed by atoms with Crippen LogP contribution in [0.1, 0.15) is 26.7 Å². The minimum Gasteiger partial charge on any atom is -0.316 e. The first kappa shape index (κ1) is 12.9. The number of hydrogen-bond acceptors (Lipinski definition) is 3. The zero-order valence-corrected chi connectivity index (χ0v) is 10.5. The molecule has 0 aromatic carbocycles. The minimum atomic E-state index is -3.00. The zero-order valence-electron chi connectivity index (χ0n) is 9.70. The molecule has 1 fully saturated rings. The van der Waals surface area contributed by atoms with Gasteiger partial charge in [0.15, 0.2) is 0 Å². The van der Waals surface area contributed by atoms with Crippen molar-refractivity contribution in [3.8, 4) is 0 Å². The highest BCUT2D eigenvalue weighted by molar-refractivity contribution is 7.89. The van der Waals surface area contributed by atoms with Crippen LogP contribution < -0.4 is 5.32 Å². The quantitative estimate of drug-likeness (QED) is 0.760. The lowest BCUT2D eigenvalue weighted by atomic mass is 10.00. The Balaban J connectivity index is 2.52. The van der Waals surface area contributed by atoms with E-state index >= 15 is 0 Å². The third kappa shape index (κ3) is 3.74. The Morgan fingerprint density at radius 2 is 2.13 bits per heavy atom. The van der Waals surface area contributed by atoms with Gasteiger partial charge in [-0.3, -0.25) is 0 Å². The van der Waals surface area contributed by atoms with E-state index in [1.807, 2.05) is 6.92 Å². The van der Waals surface area contributed by atoms with Gasteiger partial charge in [-0.15, -0.1) is 0 Å². The first-order chi connectivity index (χ1) is 7.10. The van der Waals surface area contributed by atoms with Gasteiger partial charge in [-0.25, -0.2) is 12.7 Å². The highest BCUT2D eigenvalue weighted by Crippen LogP contribution is 2.14. The fourth-order valence-corrected chi connectivity index (χ4v) is 3.19. The van der Waals surface area contributed by atoms with E-state index in [-0.39, 0.29) is 5.75 Å². The van der Waals surface area contributed by atoms with Gasteiger partial charge in [0.1, 0.15) is 0 Å². The second kappa shape index (κ2) is 5.82. The molecule has 0 aliphatic carbocycles. The van der Waals surface area contributed by atoms with Crippen molar-refractivity contribution in [1.29, 1.82) is 0 Å². The van der Waals surface area contributed by atoms with Gasteiger partial charge in [0, 0.05) is 13.1 Å². The molecule has 0 radical (unpaired) electrons.